The molecule has 4 rings (SSSR count). The molecule has 1 atom stereocenters. The molecule has 0 bridgehead atoms. The first-order chi connectivity index (χ1) is 12.6. The van der Waals surface area contributed by atoms with Crippen molar-refractivity contribution >= 4 is 46.7 Å². The Morgan fingerprint density at radius 3 is 2.85 bits per heavy atom. The molecule has 1 fully saturated rings. The zero-order valence-corrected chi connectivity index (χ0v) is 15.8. The van der Waals surface area contributed by atoms with Crippen LogP contribution in [0.2, 0.25) is 5.02 Å². The van der Waals surface area contributed by atoms with Gasteiger partial charge < -0.3 is 10.2 Å². The number of fused-ring (bicyclic) bond motifs is 2. The zero-order chi connectivity index (χ0) is 18.3. The summed E-state index contributed by atoms with van der Waals surface area (Å²) in [4.78, 5) is 28.7. The number of benzene rings is 2. The van der Waals surface area contributed by atoms with Gasteiger partial charge in [0.1, 0.15) is 0 Å². The van der Waals surface area contributed by atoms with E-state index in [2.05, 4.69) is 5.32 Å². The third kappa shape index (κ3) is 2.47. The van der Waals surface area contributed by atoms with Crippen LogP contribution in [-0.4, -0.2) is 35.7 Å². The van der Waals surface area contributed by atoms with Gasteiger partial charge in [0.2, 0.25) is 0 Å². The van der Waals surface area contributed by atoms with Gasteiger partial charge in [-0.2, -0.15) is 0 Å². The van der Waals surface area contributed by atoms with E-state index in [1.165, 1.54) is 11.8 Å². The highest BCUT2D eigenvalue weighted by molar-refractivity contribution is 8.01. The monoisotopic (exact) mass is 387 g/mol. The van der Waals surface area contributed by atoms with Crippen molar-refractivity contribution in [2.24, 2.45) is 0 Å². The summed E-state index contributed by atoms with van der Waals surface area (Å²) in [5.41, 5.74) is 2.38. The second-order valence-electron chi connectivity index (χ2n) is 6.15. The lowest BCUT2D eigenvalue weighted by Gasteiger charge is -2.33. The van der Waals surface area contributed by atoms with Crippen molar-refractivity contribution < 1.29 is 9.59 Å². The molecule has 2 aliphatic heterocycles. The molecular formula is C19H18ClN3O2S. The van der Waals surface area contributed by atoms with Gasteiger partial charge in [0.05, 0.1) is 5.69 Å². The molecule has 2 aliphatic rings. The molecule has 0 aliphatic carbocycles. The van der Waals surface area contributed by atoms with E-state index in [0.29, 0.717) is 29.6 Å². The summed E-state index contributed by atoms with van der Waals surface area (Å²) < 4.78 is 0. The maximum absolute atomic E-state index is 13.3. The first-order valence-corrected chi connectivity index (χ1v) is 9.84. The Morgan fingerprint density at radius 2 is 2.08 bits per heavy atom. The lowest BCUT2D eigenvalue weighted by atomic mass is 10.1. The van der Waals surface area contributed by atoms with Gasteiger partial charge in [-0.15, -0.1) is 11.8 Å². The zero-order valence-electron chi connectivity index (χ0n) is 14.2. The normalized spacial score (nSPS) is 21.4. The van der Waals surface area contributed by atoms with Crippen LogP contribution < -0.4 is 10.2 Å². The van der Waals surface area contributed by atoms with Crippen LogP contribution in [0.3, 0.4) is 0 Å². The number of amides is 3. The molecule has 0 radical (unpaired) electrons. The van der Waals surface area contributed by atoms with E-state index in [1.807, 2.05) is 31.2 Å². The first kappa shape index (κ1) is 17.2. The van der Waals surface area contributed by atoms with Crippen molar-refractivity contribution in [1.82, 2.24) is 4.90 Å². The number of thioether (sulfide) groups is 1. The molecule has 1 spiro atoms. The van der Waals surface area contributed by atoms with Crippen LogP contribution in [0, 0.1) is 0 Å². The number of anilines is 2. The lowest BCUT2D eigenvalue weighted by Crippen LogP contribution is -2.51. The van der Waals surface area contributed by atoms with Crippen molar-refractivity contribution in [3.8, 4) is 0 Å². The predicted octanol–water partition coefficient (Wildman–Crippen LogP) is 4.14. The third-order valence-electron chi connectivity index (χ3n) is 4.74. The number of hydrogen-bond acceptors (Lipinski definition) is 3. The Kier molecular flexibility index (Phi) is 4.32. The molecule has 0 saturated carbocycles. The molecule has 0 aromatic heterocycles. The molecule has 2 aromatic carbocycles. The summed E-state index contributed by atoms with van der Waals surface area (Å²) in [5, 5.41) is 3.43. The first-order valence-electron chi connectivity index (χ1n) is 8.47. The maximum Gasteiger partial charge on any atom is 0.323 e. The number of hydrogen-bond donors (Lipinski definition) is 1. The van der Waals surface area contributed by atoms with Crippen LogP contribution in [-0.2, 0) is 9.67 Å². The Hall–Kier alpha value is -2.18. The number of halogens is 1. The minimum absolute atomic E-state index is 0.0510. The van der Waals surface area contributed by atoms with Crippen molar-refractivity contribution in [1.29, 1.82) is 0 Å². The van der Waals surface area contributed by atoms with Gasteiger partial charge in [0, 0.05) is 35.1 Å². The van der Waals surface area contributed by atoms with E-state index in [4.69, 9.17) is 11.6 Å². The topological polar surface area (TPSA) is 52.7 Å². The van der Waals surface area contributed by atoms with Crippen LogP contribution in [0.1, 0.15) is 12.5 Å². The van der Waals surface area contributed by atoms with Crippen molar-refractivity contribution in [2.45, 2.75) is 11.8 Å². The van der Waals surface area contributed by atoms with Gasteiger partial charge in [0.15, 0.2) is 4.87 Å². The van der Waals surface area contributed by atoms with Gasteiger partial charge in [-0.25, -0.2) is 4.79 Å². The van der Waals surface area contributed by atoms with E-state index < -0.39 is 4.87 Å². The Balaban J connectivity index is 1.72. The summed E-state index contributed by atoms with van der Waals surface area (Å²) in [7, 11) is 0. The number of nitrogens with one attached hydrogen (secondary N) is 1. The van der Waals surface area contributed by atoms with Crippen LogP contribution in [0.25, 0.3) is 0 Å². The van der Waals surface area contributed by atoms with E-state index in [0.717, 1.165) is 11.3 Å². The van der Waals surface area contributed by atoms with Gasteiger partial charge in [-0.1, -0.05) is 35.9 Å². The fraction of sp³-hybridized carbons (Fsp3) is 0.263. The summed E-state index contributed by atoms with van der Waals surface area (Å²) in [6, 6.07) is 14.4. The molecular weight excluding hydrogens is 370 g/mol. The highest BCUT2D eigenvalue weighted by Crippen LogP contribution is 2.53. The fourth-order valence-electron chi connectivity index (χ4n) is 3.64. The average Bonchev–Trinajstić information content (AvgIpc) is 3.17. The fourth-order valence-corrected chi connectivity index (χ4v) is 5.29. The highest BCUT2D eigenvalue weighted by Gasteiger charge is 2.59. The summed E-state index contributed by atoms with van der Waals surface area (Å²) >= 11 is 7.53. The number of likely N-dealkylation sites (N-methyl/N-ethyl adjacent to an activating group) is 1. The average molecular weight is 388 g/mol. The van der Waals surface area contributed by atoms with Crippen LogP contribution in [0.5, 0.6) is 0 Å². The summed E-state index contributed by atoms with van der Waals surface area (Å²) in [6.07, 6.45) is 0. The van der Waals surface area contributed by atoms with Crippen LogP contribution >= 0.6 is 23.4 Å². The minimum atomic E-state index is -0.991. The molecule has 26 heavy (non-hydrogen) atoms. The van der Waals surface area contributed by atoms with E-state index in [1.54, 1.807) is 34.1 Å². The van der Waals surface area contributed by atoms with Crippen LogP contribution in [0.4, 0.5) is 16.2 Å². The minimum Gasteiger partial charge on any atom is -0.309 e. The Morgan fingerprint density at radius 1 is 1.27 bits per heavy atom. The van der Waals surface area contributed by atoms with Crippen LogP contribution in [0.15, 0.2) is 48.5 Å². The van der Waals surface area contributed by atoms with E-state index in [9.17, 15) is 9.59 Å². The van der Waals surface area contributed by atoms with Gasteiger partial charge in [-0.05, 0) is 31.2 Å². The number of rotatable bonds is 2. The van der Waals surface area contributed by atoms with Crippen molar-refractivity contribution in [3.05, 3.63) is 59.1 Å². The number of carbonyl (C=O) groups is 2. The smallest absolute Gasteiger partial charge is 0.309 e. The van der Waals surface area contributed by atoms with E-state index >= 15 is 0 Å². The van der Waals surface area contributed by atoms with Crippen molar-refractivity contribution in [3.63, 3.8) is 0 Å². The van der Waals surface area contributed by atoms with Crippen molar-refractivity contribution in [2.75, 3.05) is 29.1 Å². The maximum atomic E-state index is 13.3. The second kappa shape index (κ2) is 6.52. The molecule has 3 amide bonds. The summed E-state index contributed by atoms with van der Waals surface area (Å²) in [6.45, 7) is 3.03. The molecule has 1 saturated heterocycles. The quantitative estimate of drug-likeness (QED) is 0.842. The largest absolute Gasteiger partial charge is 0.323 e. The Bertz CT molecular complexity index is 891. The molecule has 0 unspecified atom stereocenters. The highest BCUT2D eigenvalue weighted by atomic mass is 35.5. The van der Waals surface area contributed by atoms with Gasteiger partial charge in [-0.3, -0.25) is 9.69 Å². The standard InChI is InChI=1S/C19H18ClN3O2S/c1-2-22-16-9-4-3-8-15(16)19(17(22)24)23(10-11-26-19)18(25)21-14-7-5-6-13(20)12-14/h3-9,12H,2,10-11H2,1H3,(H,21,25)/t19-/m0/s1. The van der Waals surface area contributed by atoms with Gasteiger partial charge in [0.25, 0.3) is 5.91 Å². The molecule has 134 valence electrons. The second-order valence-corrected chi connectivity index (χ2v) is 7.88. The number of nitrogens with zero attached hydrogens (tertiary/aromatic N) is 2. The molecule has 2 heterocycles. The number of urea groups is 1. The number of para-hydroxylation sites is 1. The number of carbonyl (C=O) groups excluding carboxylic acids is 2. The molecule has 1 N–H and O–H groups in total. The molecule has 5 nitrogen and oxygen atoms in total. The predicted molar refractivity (Wildman–Crippen MR) is 106 cm³/mol. The summed E-state index contributed by atoms with van der Waals surface area (Å²) in [5.74, 6) is 0.658. The van der Waals surface area contributed by atoms with E-state index in [-0.39, 0.29) is 11.9 Å². The lowest BCUT2D eigenvalue weighted by molar-refractivity contribution is -0.123. The SMILES string of the molecule is CCN1C(=O)[C@@]2(SCCN2C(=O)Nc2cccc(Cl)c2)c2ccccc21. The molecule has 2 aromatic rings. The molecule has 7 heteroatoms. The third-order valence-corrected chi connectivity index (χ3v) is 6.39. The van der Waals surface area contributed by atoms with Gasteiger partial charge >= 0.3 is 6.03 Å². The Labute approximate surface area is 161 Å².